The SMILES string of the molecule is O=C(N[C@H]1CCn2nc(-c3ccnc(C(F)(F)F)c3)cc2C1)c1ccccc1. The minimum Gasteiger partial charge on any atom is -0.349 e. The third kappa shape index (κ3) is 3.76. The molecule has 1 atom stereocenters. The molecule has 8 heteroatoms. The van der Waals surface area contributed by atoms with Gasteiger partial charge in [-0.15, -0.1) is 0 Å². The molecule has 0 radical (unpaired) electrons. The number of benzene rings is 1. The largest absolute Gasteiger partial charge is 0.433 e. The van der Waals surface area contributed by atoms with Crippen LogP contribution in [0.5, 0.6) is 0 Å². The summed E-state index contributed by atoms with van der Waals surface area (Å²) in [7, 11) is 0. The van der Waals surface area contributed by atoms with Gasteiger partial charge in [0.05, 0.1) is 5.69 Å². The van der Waals surface area contributed by atoms with Gasteiger partial charge in [-0.2, -0.15) is 18.3 Å². The Bertz CT molecular complexity index is 998. The van der Waals surface area contributed by atoms with Crippen molar-refractivity contribution in [2.24, 2.45) is 0 Å². The first-order valence-corrected chi connectivity index (χ1v) is 8.86. The zero-order valence-electron chi connectivity index (χ0n) is 14.8. The highest BCUT2D eigenvalue weighted by molar-refractivity contribution is 5.94. The van der Waals surface area contributed by atoms with E-state index >= 15 is 0 Å². The van der Waals surface area contributed by atoms with E-state index in [1.54, 1.807) is 35.0 Å². The average molecular weight is 386 g/mol. The van der Waals surface area contributed by atoms with Crippen molar-refractivity contribution in [1.82, 2.24) is 20.1 Å². The number of carbonyl (C=O) groups excluding carboxylic acids is 1. The maximum atomic E-state index is 12.9. The van der Waals surface area contributed by atoms with E-state index < -0.39 is 11.9 Å². The lowest BCUT2D eigenvalue weighted by molar-refractivity contribution is -0.141. The predicted octanol–water partition coefficient (Wildman–Crippen LogP) is 3.71. The monoisotopic (exact) mass is 386 g/mol. The highest BCUT2D eigenvalue weighted by Crippen LogP contribution is 2.31. The van der Waals surface area contributed by atoms with Gasteiger partial charge in [0.15, 0.2) is 0 Å². The fourth-order valence-corrected chi connectivity index (χ4v) is 3.31. The molecule has 1 aliphatic heterocycles. The second-order valence-electron chi connectivity index (χ2n) is 6.70. The highest BCUT2D eigenvalue weighted by atomic mass is 19.4. The zero-order valence-corrected chi connectivity index (χ0v) is 14.8. The van der Waals surface area contributed by atoms with Gasteiger partial charge in [-0.05, 0) is 36.8 Å². The molecule has 1 N–H and O–H groups in total. The van der Waals surface area contributed by atoms with Crippen molar-refractivity contribution in [1.29, 1.82) is 0 Å². The van der Waals surface area contributed by atoms with Crippen LogP contribution in [-0.2, 0) is 19.1 Å². The number of pyridine rings is 1. The Hall–Kier alpha value is -3.16. The van der Waals surface area contributed by atoms with E-state index in [4.69, 9.17) is 0 Å². The summed E-state index contributed by atoms with van der Waals surface area (Å²) in [6.45, 7) is 0.590. The number of aromatic nitrogens is 3. The summed E-state index contributed by atoms with van der Waals surface area (Å²) in [5.74, 6) is -0.136. The van der Waals surface area contributed by atoms with E-state index in [2.05, 4.69) is 15.4 Å². The van der Waals surface area contributed by atoms with Gasteiger partial charge in [0.1, 0.15) is 5.69 Å². The Kier molecular flexibility index (Phi) is 4.62. The molecule has 0 unspecified atom stereocenters. The van der Waals surface area contributed by atoms with Gasteiger partial charge in [0, 0.05) is 42.0 Å². The van der Waals surface area contributed by atoms with Gasteiger partial charge in [-0.3, -0.25) is 14.5 Å². The molecule has 4 rings (SSSR count). The quantitative estimate of drug-likeness (QED) is 0.747. The molecule has 0 saturated heterocycles. The van der Waals surface area contributed by atoms with E-state index in [0.717, 1.165) is 18.0 Å². The van der Waals surface area contributed by atoms with Crippen LogP contribution in [0.15, 0.2) is 54.7 Å². The molecule has 3 aromatic rings. The van der Waals surface area contributed by atoms with Crippen molar-refractivity contribution in [2.45, 2.75) is 31.6 Å². The molecule has 0 fully saturated rings. The number of nitrogens with one attached hydrogen (secondary N) is 1. The summed E-state index contributed by atoms with van der Waals surface area (Å²) in [5, 5.41) is 7.44. The van der Waals surface area contributed by atoms with Crippen LogP contribution < -0.4 is 5.32 Å². The number of hydrogen-bond acceptors (Lipinski definition) is 3. The van der Waals surface area contributed by atoms with Crippen molar-refractivity contribution < 1.29 is 18.0 Å². The normalized spacial score (nSPS) is 16.5. The van der Waals surface area contributed by atoms with Crippen LogP contribution in [0.4, 0.5) is 13.2 Å². The molecule has 0 aliphatic carbocycles. The van der Waals surface area contributed by atoms with Crippen LogP contribution in [0.3, 0.4) is 0 Å². The molecule has 0 spiro atoms. The van der Waals surface area contributed by atoms with Gasteiger partial charge in [0.25, 0.3) is 5.91 Å². The third-order valence-corrected chi connectivity index (χ3v) is 4.73. The fraction of sp³-hybridized carbons (Fsp3) is 0.250. The molecule has 0 saturated carbocycles. The van der Waals surface area contributed by atoms with Gasteiger partial charge in [-0.1, -0.05) is 18.2 Å². The molecular formula is C20H17F3N4O. The smallest absolute Gasteiger partial charge is 0.349 e. The highest BCUT2D eigenvalue weighted by Gasteiger charge is 2.33. The molecule has 0 bridgehead atoms. The summed E-state index contributed by atoms with van der Waals surface area (Å²) in [5.41, 5.74) is 1.37. The minimum atomic E-state index is -4.50. The van der Waals surface area contributed by atoms with Gasteiger partial charge in [-0.25, -0.2) is 0 Å². The average Bonchev–Trinajstić information content (AvgIpc) is 3.11. The van der Waals surface area contributed by atoms with E-state index in [1.807, 2.05) is 6.07 Å². The van der Waals surface area contributed by atoms with Crippen LogP contribution in [-0.4, -0.2) is 26.7 Å². The number of carbonyl (C=O) groups is 1. The maximum absolute atomic E-state index is 12.9. The Morgan fingerprint density at radius 1 is 1.14 bits per heavy atom. The lowest BCUT2D eigenvalue weighted by Crippen LogP contribution is -2.40. The molecule has 28 heavy (non-hydrogen) atoms. The first-order chi connectivity index (χ1) is 13.4. The first kappa shape index (κ1) is 18.2. The van der Waals surface area contributed by atoms with Crippen LogP contribution in [0, 0.1) is 0 Å². The molecule has 5 nitrogen and oxygen atoms in total. The summed E-state index contributed by atoms with van der Waals surface area (Å²) in [4.78, 5) is 15.7. The number of amides is 1. The van der Waals surface area contributed by atoms with Crippen molar-refractivity contribution in [3.8, 4) is 11.3 Å². The summed E-state index contributed by atoms with van der Waals surface area (Å²) >= 11 is 0. The molecule has 3 heterocycles. The Labute approximate surface area is 159 Å². The Balaban J connectivity index is 1.50. The van der Waals surface area contributed by atoms with Crippen LogP contribution in [0.1, 0.15) is 28.2 Å². The zero-order chi connectivity index (χ0) is 19.7. The van der Waals surface area contributed by atoms with Crippen LogP contribution in [0.25, 0.3) is 11.3 Å². The van der Waals surface area contributed by atoms with E-state index in [9.17, 15) is 18.0 Å². The summed E-state index contributed by atoms with van der Waals surface area (Å²) < 4.78 is 40.5. The summed E-state index contributed by atoms with van der Waals surface area (Å²) in [6, 6.07) is 13.2. The second kappa shape index (κ2) is 7.10. The molecule has 144 valence electrons. The molecular weight excluding hydrogens is 369 g/mol. The van der Waals surface area contributed by atoms with Crippen molar-refractivity contribution >= 4 is 5.91 Å². The molecule has 1 amide bonds. The van der Waals surface area contributed by atoms with Crippen molar-refractivity contribution in [2.75, 3.05) is 0 Å². The van der Waals surface area contributed by atoms with Crippen molar-refractivity contribution in [3.63, 3.8) is 0 Å². The third-order valence-electron chi connectivity index (χ3n) is 4.73. The van der Waals surface area contributed by atoms with Crippen LogP contribution in [0.2, 0.25) is 0 Å². The minimum absolute atomic E-state index is 0.0482. The number of hydrogen-bond donors (Lipinski definition) is 1. The van der Waals surface area contributed by atoms with Gasteiger partial charge < -0.3 is 5.32 Å². The topological polar surface area (TPSA) is 59.8 Å². The Morgan fingerprint density at radius 2 is 1.93 bits per heavy atom. The molecule has 1 aromatic carbocycles. The first-order valence-electron chi connectivity index (χ1n) is 8.86. The molecule has 1 aliphatic rings. The van der Waals surface area contributed by atoms with E-state index in [0.29, 0.717) is 36.2 Å². The lowest BCUT2D eigenvalue weighted by atomic mass is 10.0. The predicted molar refractivity (Wildman–Crippen MR) is 96.5 cm³/mol. The number of fused-ring (bicyclic) bond motifs is 1. The summed E-state index contributed by atoms with van der Waals surface area (Å²) in [6.07, 6.45) is -2.08. The number of halogens is 3. The standard InChI is InChI=1S/C20H17F3N4O/c21-20(22,23)18-10-14(6-8-24-18)17-12-16-11-15(7-9-27(16)26-17)25-19(28)13-4-2-1-3-5-13/h1-6,8,10,12,15H,7,9,11H2,(H,25,28)/t15-/m0/s1. The maximum Gasteiger partial charge on any atom is 0.433 e. The number of nitrogens with zero attached hydrogens (tertiary/aromatic N) is 3. The number of rotatable bonds is 3. The van der Waals surface area contributed by atoms with E-state index in [-0.39, 0.29) is 11.9 Å². The number of alkyl halides is 3. The fourth-order valence-electron chi connectivity index (χ4n) is 3.31. The van der Waals surface area contributed by atoms with Gasteiger partial charge in [0.2, 0.25) is 0 Å². The van der Waals surface area contributed by atoms with E-state index in [1.165, 1.54) is 6.07 Å². The number of aryl methyl sites for hydroxylation is 1. The second-order valence-corrected chi connectivity index (χ2v) is 6.70. The lowest BCUT2D eigenvalue weighted by Gasteiger charge is -2.24. The Morgan fingerprint density at radius 3 is 2.68 bits per heavy atom. The molecule has 2 aromatic heterocycles. The van der Waals surface area contributed by atoms with Gasteiger partial charge >= 0.3 is 6.18 Å². The van der Waals surface area contributed by atoms with Crippen LogP contribution >= 0.6 is 0 Å². The van der Waals surface area contributed by atoms with Crippen molar-refractivity contribution in [3.05, 3.63) is 71.7 Å².